The van der Waals surface area contributed by atoms with Crippen molar-refractivity contribution in [2.45, 2.75) is 19.9 Å². The maximum absolute atomic E-state index is 12.2. The molecule has 0 fully saturated rings. The lowest BCUT2D eigenvalue weighted by Crippen LogP contribution is -2.37. The highest BCUT2D eigenvalue weighted by atomic mass is 16.4. The molecule has 1 aromatic rings. The summed E-state index contributed by atoms with van der Waals surface area (Å²) in [6.07, 6.45) is 2.96. The fourth-order valence-corrected chi connectivity index (χ4v) is 1.51. The van der Waals surface area contributed by atoms with Crippen LogP contribution in [0.3, 0.4) is 0 Å². The van der Waals surface area contributed by atoms with Gasteiger partial charge in [-0.1, -0.05) is 6.08 Å². The maximum atomic E-state index is 12.2. The van der Waals surface area contributed by atoms with Crippen molar-refractivity contribution in [2.75, 3.05) is 6.54 Å². The van der Waals surface area contributed by atoms with E-state index in [9.17, 15) is 9.59 Å². The molecule has 0 unspecified atom stereocenters. The van der Waals surface area contributed by atoms with Crippen LogP contribution in [-0.4, -0.2) is 39.5 Å². The van der Waals surface area contributed by atoms with Crippen LogP contribution >= 0.6 is 0 Å². The van der Waals surface area contributed by atoms with Crippen LogP contribution in [0.1, 0.15) is 34.7 Å². The quantitative estimate of drug-likeness (QED) is 0.807. The van der Waals surface area contributed by atoms with Gasteiger partial charge in [0.25, 0.3) is 5.91 Å². The van der Waals surface area contributed by atoms with E-state index in [0.717, 1.165) is 0 Å². The zero-order valence-corrected chi connectivity index (χ0v) is 10.5. The monoisotopic (exact) mass is 248 g/mol. The first kappa shape index (κ1) is 13.9. The van der Waals surface area contributed by atoms with Crippen LogP contribution in [0, 0.1) is 0 Å². The summed E-state index contributed by atoms with van der Waals surface area (Å²) in [4.78, 5) is 28.3. The third kappa shape index (κ3) is 3.16. The van der Waals surface area contributed by atoms with E-state index in [-0.39, 0.29) is 17.6 Å². The van der Waals surface area contributed by atoms with Gasteiger partial charge in [-0.05, 0) is 26.0 Å². The summed E-state index contributed by atoms with van der Waals surface area (Å²) in [5.41, 5.74) is 0.182. The summed E-state index contributed by atoms with van der Waals surface area (Å²) in [6, 6.07) is 2.80. The molecule has 0 aliphatic rings. The highest BCUT2D eigenvalue weighted by Crippen LogP contribution is 2.09. The minimum Gasteiger partial charge on any atom is -0.477 e. The Morgan fingerprint density at radius 3 is 2.72 bits per heavy atom. The van der Waals surface area contributed by atoms with Crippen LogP contribution < -0.4 is 0 Å². The van der Waals surface area contributed by atoms with Crippen LogP contribution in [-0.2, 0) is 0 Å². The molecule has 0 radical (unpaired) electrons. The van der Waals surface area contributed by atoms with Gasteiger partial charge >= 0.3 is 5.97 Å². The zero-order valence-electron chi connectivity index (χ0n) is 10.5. The SMILES string of the molecule is C=CCN(C(=O)c1ccnc(C(=O)O)c1)C(C)C. The third-order valence-corrected chi connectivity index (χ3v) is 2.44. The molecule has 1 aromatic heterocycles. The van der Waals surface area contributed by atoms with Gasteiger partial charge in [-0.25, -0.2) is 9.78 Å². The Kier molecular flexibility index (Phi) is 4.59. The first-order valence-electron chi connectivity index (χ1n) is 5.58. The van der Waals surface area contributed by atoms with Crippen LogP contribution in [0.4, 0.5) is 0 Å². The number of carboxylic acids is 1. The molecule has 5 heteroatoms. The molecule has 1 N–H and O–H groups in total. The summed E-state index contributed by atoms with van der Waals surface area (Å²) in [5, 5.41) is 8.84. The van der Waals surface area contributed by atoms with Crippen molar-refractivity contribution in [3.05, 3.63) is 42.2 Å². The van der Waals surface area contributed by atoms with Gasteiger partial charge in [0.2, 0.25) is 0 Å². The number of pyridine rings is 1. The van der Waals surface area contributed by atoms with Crippen molar-refractivity contribution < 1.29 is 14.7 Å². The van der Waals surface area contributed by atoms with Crippen molar-refractivity contribution >= 4 is 11.9 Å². The van der Waals surface area contributed by atoms with E-state index in [4.69, 9.17) is 5.11 Å². The molecule has 0 spiro atoms. The Morgan fingerprint density at radius 1 is 1.56 bits per heavy atom. The van der Waals surface area contributed by atoms with E-state index in [1.807, 2.05) is 13.8 Å². The van der Waals surface area contributed by atoms with Crippen molar-refractivity contribution in [3.8, 4) is 0 Å². The number of aromatic nitrogens is 1. The molecule has 1 rings (SSSR count). The van der Waals surface area contributed by atoms with E-state index in [1.165, 1.54) is 18.3 Å². The number of hydrogen-bond donors (Lipinski definition) is 1. The molecule has 1 heterocycles. The molecule has 0 saturated heterocycles. The van der Waals surface area contributed by atoms with Crippen molar-refractivity contribution in [1.29, 1.82) is 0 Å². The topological polar surface area (TPSA) is 70.5 Å². The van der Waals surface area contributed by atoms with E-state index >= 15 is 0 Å². The largest absolute Gasteiger partial charge is 0.477 e. The molecule has 0 aliphatic carbocycles. The molecular formula is C13H16N2O3. The standard InChI is InChI=1S/C13H16N2O3/c1-4-7-15(9(2)3)12(16)10-5-6-14-11(8-10)13(17)18/h4-6,8-9H,1,7H2,2-3H3,(H,17,18). The first-order chi connectivity index (χ1) is 8.47. The van der Waals surface area contributed by atoms with Gasteiger partial charge < -0.3 is 10.0 Å². The fraction of sp³-hybridized carbons (Fsp3) is 0.308. The van der Waals surface area contributed by atoms with Gasteiger partial charge in [0.1, 0.15) is 5.69 Å². The second kappa shape index (κ2) is 5.95. The highest BCUT2D eigenvalue weighted by molar-refractivity contribution is 5.96. The molecule has 18 heavy (non-hydrogen) atoms. The van der Waals surface area contributed by atoms with Gasteiger partial charge in [-0.3, -0.25) is 4.79 Å². The van der Waals surface area contributed by atoms with Crippen molar-refractivity contribution in [1.82, 2.24) is 9.88 Å². The number of hydrogen-bond acceptors (Lipinski definition) is 3. The summed E-state index contributed by atoms with van der Waals surface area (Å²) < 4.78 is 0. The van der Waals surface area contributed by atoms with Gasteiger partial charge in [-0.15, -0.1) is 6.58 Å². The van der Waals surface area contributed by atoms with Crippen LogP contribution in [0.2, 0.25) is 0 Å². The number of aromatic carboxylic acids is 1. The smallest absolute Gasteiger partial charge is 0.354 e. The molecule has 1 amide bonds. The Bertz CT molecular complexity index is 469. The predicted octanol–water partition coefficient (Wildman–Crippen LogP) is 1.82. The summed E-state index contributed by atoms with van der Waals surface area (Å²) in [7, 11) is 0. The van der Waals surface area contributed by atoms with Crippen molar-refractivity contribution in [3.63, 3.8) is 0 Å². The van der Waals surface area contributed by atoms with E-state index in [0.29, 0.717) is 12.1 Å². The second-order valence-corrected chi connectivity index (χ2v) is 4.07. The Morgan fingerprint density at radius 2 is 2.22 bits per heavy atom. The lowest BCUT2D eigenvalue weighted by Gasteiger charge is -2.25. The van der Waals surface area contributed by atoms with Crippen LogP contribution in [0.5, 0.6) is 0 Å². The fourth-order valence-electron chi connectivity index (χ4n) is 1.51. The molecule has 0 saturated carbocycles. The molecule has 0 bridgehead atoms. The molecule has 0 atom stereocenters. The molecule has 96 valence electrons. The van der Waals surface area contributed by atoms with Crippen molar-refractivity contribution in [2.24, 2.45) is 0 Å². The average Bonchev–Trinajstić information content (AvgIpc) is 2.35. The number of carbonyl (C=O) groups is 2. The van der Waals surface area contributed by atoms with Gasteiger partial charge in [0.05, 0.1) is 0 Å². The number of amides is 1. The Balaban J connectivity index is 3.04. The molecular weight excluding hydrogens is 232 g/mol. The predicted molar refractivity (Wildman–Crippen MR) is 67.6 cm³/mol. The van der Waals surface area contributed by atoms with Crippen LogP contribution in [0.15, 0.2) is 31.0 Å². The second-order valence-electron chi connectivity index (χ2n) is 4.07. The van der Waals surface area contributed by atoms with E-state index < -0.39 is 5.97 Å². The maximum Gasteiger partial charge on any atom is 0.354 e. The van der Waals surface area contributed by atoms with Gasteiger partial charge in [0, 0.05) is 24.3 Å². The summed E-state index contributed by atoms with van der Waals surface area (Å²) in [6.45, 7) is 7.80. The number of rotatable bonds is 5. The zero-order chi connectivity index (χ0) is 13.7. The Labute approximate surface area is 106 Å². The summed E-state index contributed by atoms with van der Waals surface area (Å²) in [5.74, 6) is -1.38. The van der Waals surface area contributed by atoms with Gasteiger partial charge in [0.15, 0.2) is 0 Å². The normalized spacial score (nSPS) is 10.2. The minimum atomic E-state index is -1.15. The number of nitrogens with zero attached hydrogens (tertiary/aromatic N) is 2. The van der Waals surface area contributed by atoms with E-state index in [2.05, 4.69) is 11.6 Å². The molecule has 0 aromatic carbocycles. The molecule has 0 aliphatic heterocycles. The van der Waals surface area contributed by atoms with Crippen LogP contribution in [0.25, 0.3) is 0 Å². The lowest BCUT2D eigenvalue weighted by atomic mass is 10.1. The third-order valence-electron chi connectivity index (χ3n) is 2.44. The summed E-state index contributed by atoms with van der Waals surface area (Å²) >= 11 is 0. The first-order valence-corrected chi connectivity index (χ1v) is 5.58. The highest BCUT2D eigenvalue weighted by Gasteiger charge is 2.18. The van der Waals surface area contributed by atoms with E-state index in [1.54, 1.807) is 11.0 Å². The molecule has 5 nitrogen and oxygen atoms in total. The minimum absolute atomic E-state index is 0.0111. The lowest BCUT2D eigenvalue weighted by molar-refractivity contribution is 0.0690. The number of carbonyl (C=O) groups excluding carboxylic acids is 1. The average molecular weight is 248 g/mol. The Hall–Kier alpha value is -2.17. The van der Waals surface area contributed by atoms with Gasteiger partial charge in [-0.2, -0.15) is 0 Å². The number of carboxylic acid groups (broad SMARTS) is 1.